The number of aromatic amines is 1. The smallest absolute Gasteiger partial charge is 0.269 e. The van der Waals surface area contributed by atoms with Gasteiger partial charge >= 0.3 is 0 Å². The average molecular weight is 375 g/mol. The van der Waals surface area contributed by atoms with Crippen LogP contribution < -0.4 is 9.46 Å². The normalized spacial score (nSPS) is 11.6. The third-order valence-corrected chi connectivity index (χ3v) is 5.49. The quantitative estimate of drug-likeness (QED) is 0.487. The van der Waals surface area contributed by atoms with Crippen LogP contribution in [-0.4, -0.2) is 32.0 Å². The number of hydrogen-bond donors (Lipinski definition) is 2. The highest BCUT2D eigenvalue weighted by atomic mass is 32.2. The maximum Gasteiger partial charge on any atom is 0.269 e. The molecule has 0 unspecified atom stereocenters. The van der Waals surface area contributed by atoms with E-state index in [1.54, 1.807) is 7.11 Å². The minimum Gasteiger partial charge on any atom is -0.496 e. The number of methoxy groups -OCH3 is 1. The summed E-state index contributed by atoms with van der Waals surface area (Å²) < 4.78 is 32.5. The maximum atomic E-state index is 12.3. The van der Waals surface area contributed by atoms with Gasteiger partial charge in [0.1, 0.15) is 5.75 Å². The molecular formula is C17H17N3O5S. The minimum atomic E-state index is -3.74. The summed E-state index contributed by atoms with van der Waals surface area (Å²) in [5.74, 6) is 0.719. The monoisotopic (exact) mass is 375 g/mol. The van der Waals surface area contributed by atoms with Gasteiger partial charge in [0, 0.05) is 35.8 Å². The molecular weight excluding hydrogens is 358 g/mol. The fourth-order valence-electron chi connectivity index (χ4n) is 2.74. The molecule has 0 aliphatic rings. The second-order valence-electron chi connectivity index (χ2n) is 5.60. The summed E-state index contributed by atoms with van der Waals surface area (Å²) in [5, 5.41) is 11.6. The van der Waals surface area contributed by atoms with Crippen LogP contribution in [0.1, 0.15) is 5.56 Å². The molecule has 0 spiro atoms. The zero-order valence-electron chi connectivity index (χ0n) is 13.9. The Morgan fingerprint density at radius 1 is 1.19 bits per heavy atom. The Balaban J connectivity index is 1.72. The fraction of sp³-hybridized carbons (Fsp3) is 0.176. The van der Waals surface area contributed by atoms with Crippen LogP contribution in [0.4, 0.5) is 5.69 Å². The molecule has 136 valence electrons. The van der Waals surface area contributed by atoms with Crippen molar-refractivity contribution in [2.45, 2.75) is 11.3 Å². The van der Waals surface area contributed by atoms with Crippen LogP contribution in [0.15, 0.2) is 53.6 Å². The molecule has 0 aliphatic carbocycles. The summed E-state index contributed by atoms with van der Waals surface area (Å²) in [4.78, 5) is 13.2. The molecule has 0 radical (unpaired) electrons. The summed E-state index contributed by atoms with van der Waals surface area (Å²) in [6.07, 6.45) is 2.29. The van der Waals surface area contributed by atoms with Crippen LogP contribution in [0.3, 0.4) is 0 Å². The average Bonchev–Trinajstić information content (AvgIpc) is 3.05. The Bertz CT molecular complexity index is 1040. The van der Waals surface area contributed by atoms with Gasteiger partial charge in [-0.25, -0.2) is 13.1 Å². The van der Waals surface area contributed by atoms with E-state index in [0.29, 0.717) is 6.42 Å². The standard InChI is InChI=1S/C17H17N3O5S/c1-25-16-4-2-3-15-17(16)12(11-18-15)9-10-19-26(23,24)14-7-5-13(6-8-14)20(21)22/h2-8,11,18-19H,9-10H2,1H3. The molecule has 2 N–H and O–H groups in total. The number of sulfonamides is 1. The SMILES string of the molecule is COc1cccc2[nH]cc(CCNS(=O)(=O)c3ccc([N+](=O)[O-])cc3)c12. The number of hydrogen-bond acceptors (Lipinski definition) is 5. The van der Waals surface area contributed by atoms with Gasteiger partial charge in [0.05, 0.1) is 16.9 Å². The number of nitrogens with zero attached hydrogens (tertiary/aromatic N) is 1. The van der Waals surface area contributed by atoms with Crippen molar-refractivity contribution in [1.29, 1.82) is 0 Å². The van der Waals surface area contributed by atoms with Gasteiger partial charge in [-0.15, -0.1) is 0 Å². The van der Waals surface area contributed by atoms with Crippen LogP contribution in [0.25, 0.3) is 10.9 Å². The Morgan fingerprint density at radius 3 is 2.58 bits per heavy atom. The zero-order valence-corrected chi connectivity index (χ0v) is 14.7. The first-order valence-corrected chi connectivity index (χ1v) is 9.28. The Kier molecular flexibility index (Phi) is 4.92. The maximum absolute atomic E-state index is 12.3. The van der Waals surface area contributed by atoms with Gasteiger partial charge in [0.15, 0.2) is 0 Å². The highest BCUT2D eigenvalue weighted by molar-refractivity contribution is 7.89. The molecule has 0 fully saturated rings. The van der Waals surface area contributed by atoms with Gasteiger partial charge in [0.25, 0.3) is 5.69 Å². The van der Waals surface area contributed by atoms with Gasteiger partial charge < -0.3 is 9.72 Å². The molecule has 26 heavy (non-hydrogen) atoms. The molecule has 2 aromatic carbocycles. The molecule has 1 heterocycles. The molecule has 9 heteroatoms. The van der Waals surface area contributed by atoms with Gasteiger partial charge in [-0.2, -0.15) is 0 Å². The molecule has 0 saturated heterocycles. The molecule has 3 aromatic rings. The van der Waals surface area contributed by atoms with Crippen LogP contribution in [0, 0.1) is 10.1 Å². The lowest BCUT2D eigenvalue weighted by atomic mass is 10.1. The number of aromatic nitrogens is 1. The fourth-order valence-corrected chi connectivity index (χ4v) is 3.77. The van der Waals surface area contributed by atoms with Crippen LogP contribution in [0.2, 0.25) is 0 Å². The van der Waals surface area contributed by atoms with E-state index in [0.717, 1.165) is 22.2 Å². The molecule has 0 bridgehead atoms. The number of nitro groups is 1. The van der Waals surface area contributed by atoms with Gasteiger partial charge in [-0.05, 0) is 36.2 Å². The summed E-state index contributed by atoms with van der Waals surface area (Å²) in [6, 6.07) is 10.4. The first kappa shape index (κ1) is 17.9. The third kappa shape index (κ3) is 3.53. The minimum absolute atomic E-state index is 0.0143. The highest BCUT2D eigenvalue weighted by Gasteiger charge is 2.16. The van der Waals surface area contributed by atoms with E-state index in [4.69, 9.17) is 4.74 Å². The van der Waals surface area contributed by atoms with E-state index < -0.39 is 14.9 Å². The van der Waals surface area contributed by atoms with Crippen molar-refractivity contribution >= 4 is 26.6 Å². The van der Waals surface area contributed by atoms with E-state index in [1.807, 2.05) is 24.4 Å². The molecule has 0 atom stereocenters. The predicted octanol–water partition coefficient (Wildman–Crippen LogP) is 2.61. The summed E-state index contributed by atoms with van der Waals surface area (Å²) >= 11 is 0. The lowest BCUT2D eigenvalue weighted by molar-refractivity contribution is -0.384. The lowest BCUT2D eigenvalue weighted by Crippen LogP contribution is -2.25. The molecule has 1 aromatic heterocycles. The van der Waals surface area contributed by atoms with E-state index in [2.05, 4.69) is 9.71 Å². The number of rotatable bonds is 7. The lowest BCUT2D eigenvalue weighted by Gasteiger charge is -2.07. The first-order chi connectivity index (χ1) is 12.4. The number of nitro benzene ring substituents is 1. The second kappa shape index (κ2) is 7.14. The number of non-ortho nitro benzene ring substituents is 1. The predicted molar refractivity (Wildman–Crippen MR) is 96.8 cm³/mol. The van der Waals surface area contributed by atoms with Crippen molar-refractivity contribution in [3.8, 4) is 5.75 Å². The number of ether oxygens (including phenoxy) is 1. The second-order valence-corrected chi connectivity index (χ2v) is 7.36. The Hall–Kier alpha value is -2.91. The van der Waals surface area contributed by atoms with Crippen LogP contribution >= 0.6 is 0 Å². The zero-order chi connectivity index (χ0) is 18.7. The van der Waals surface area contributed by atoms with Crippen molar-refractivity contribution in [2.24, 2.45) is 0 Å². The van der Waals surface area contributed by atoms with Crippen LogP contribution in [0.5, 0.6) is 5.75 Å². The highest BCUT2D eigenvalue weighted by Crippen LogP contribution is 2.28. The topological polar surface area (TPSA) is 114 Å². The molecule has 8 nitrogen and oxygen atoms in total. The third-order valence-electron chi connectivity index (χ3n) is 4.01. The van der Waals surface area contributed by atoms with E-state index in [1.165, 1.54) is 24.3 Å². The molecule has 3 rings (SSSR count). The summed E-state index contributed by atoms with van der Waals surface area (Å²) in [5.41, 5.74) is 1.69. The number of benzene rings is 2. The number of H-pyrrole nitrogens is 1. The van der Waals surface area contributed by atoms with Crippen molar-refractivity contribution in [3.63, 3.8) is 0 Å². The van der Waals surface area contributed by atoms with Crippen LogP contribution in [-0.2, 0) is 16.4 Å². The van der Waals surface area contributed by atoms with Crippen molar-refractivity contribution < 1.29 is 18.1 Å². The largest absolute Gasteiger partial charge is 0.496 e. The van der Waals surface area contributed by atoms with Crippen molar-refractivity contribution in [1.82, 2.24) is 9.71 Å². The van der Waals surface area contributed by atoms with Crippen molar-refractivity contribution in [3.05, 3.63) is 64.3 Å². The molecule has 0 amide bonds. The Morgan fingerprint density at radius 2 is 1.92 bits per heavy atom. The van der Waals surface area contributed by atoms with E-state index >= 15 is 0 Å². The number of fused-ring (bicyclic) bond motifs is 1. The van der Waals surface area contributed by atoms with E-state index in [9.17, 15) is 18.5 Å². The van der Waals surface area contributed by atoms with Crippen molar-refractivity contribution in [2.75, 3.05) is 13.7 Å². The summed E-state index contributed by atoms with van der Waals surface area (Å²) in [7, 11) is -2.15. The number of nitrogens with one attached hydrogen (secondary N) is 2. The molecule has 0 aliphatic heterocycles. The van der Waals surface area contributed by atoms with Gasteiger partial charge in [-0.1, -0.05) is 6.07 Å². The van der Waals surface area contributed by atoms with Gasteiger partial charge in [-0.3, -0.25) is 10.1 Å². The molecule has 0 saturated carbocycles. The summed E-state index contributed by atoms with van der Waals surface area (Å²) in [6.45, 7) is 0.185. The van der Waals surface area contributed by atoms with E-state index in [-0.39, 0.29) is 17.1 Å². The first-order valence-electron chi connectivity index (χ1n) is 7.79. The Labute approximate surface area is 150 Å². The van der Waals surface area contributed by atoms with Gasteiger partial charge in [0.2, 0.25) is 10.0 Å².